The van der Waals surface area contributed by atoms with Crippen LogP contribution in [0.25, 0.3) is 0 Å². The molecule has 2 N–H and O–H groups in total. The largest absolute Gasteiger partial charge is 0.490 e. The third-order valence-electron chi connectivity index (χ3n) is 3.46. The van der Waals surface area contributed by atoms with Gasteiger partial charge in [0.05, 0.1) is 12.8 Å². The maximum atomic E-state index is 11.5. The van der Waals surface area contributed by atoms with E-state index in [0.717, 1.165) is 10.4 Å². The number of H-pyrrole nitrogens is 1. The van der Waals surface area contributed by atoms with Gasteiger partial charge in [-0.05, 0) is 49.1 Å². The van der Waals surface area contributed by atoms with Crippen molar-refractivity contribution in [3.05, 3.63) is 62.2 Å². The third-order valence-corrected chi connectivity index (χ3v) is 4.31. The molecule has 0 radical (unpaired) electrons. The van der Waals surface area contributed by atoms with Crippen LogP contribution in [0.3, 0.4) is 0 Å². The van der Waals surface area contributed by atoms with Crippen LogP contribution in [0.2, 0.25) is 0 Å². The van der Waals surface area contributed by atoms with Crippen LogP contribution in [0.1, 0.15) is 23.1 Å². The van der Waals surface area contributed by atoms with E-state index in [9.17, 15) is 4.79 Å². The lowest BCUT2D eigenvalue weighted by molar-refractivity contribution is 0.271. The molecule has 0 aliphatic rings. The van der Waals surface area contributed by atoms with Crippen LogP contribution in [0, 0.1) is 6.92 Å². The van der Waals surface area contributed by atoms with Crippen LogP contribution in [0.4, 0.5) is 5.95 Å². The monoisotopic (exact) mass is 385 g/mol. The number of hydrogen-bond acceptors (Lipinski definition) is 8. The summed E-state index contributed by atoms with van der Waals surface area (Å²) >= 11 is 1.64. The minimum Gasteiger partial charge on any atom is -0.490 e. The van der Waals surface area contributed by atoms with Gasteiger partial charge < -0.3 is 9.47 Å². The minimum absolute atomic E-state index is 0.169. The number of nitrogens with one attached hydrogen (secondary N) is 2. The summed E-state index contributed by atoms with van der Waals surface area (Å²) in [4.78, 5) is 15.2. The Bertz CT molecular complexity index is 969. The van der Waals surface area contributed by atoms with E-state index < -0.39 is 0 Å². The van der Waals surface area contributed by atoms with Crippen molar-refractivity contribution >= 4 is 23.5 Å². The van der Waals surface area contributed by atoms with E-state index in [-0.39, 0.29) is 11.5 Å². The molecule has 2 aromatic heterocycles. The lowest BCUT2D eigenvalue weighted by atomic mass is 10.2. The second-order valence-corrected chi connectivity index (χ2v) is 6.50. The number of nitrogens with zero attached hydrogens (tertiary/aromatic N) is 3. The molecular formula is C18H19N5O3S. The summed E-state index contributed by atoms with van der Waals surface area (Å²) in [6.45, 7) is 4.51. The first-order valence-corrected chi connectivity index (χ1v) is 9.18. The second-order valence-electron chi connectivity index (χ2n) is 5.47. The number of thiophene rings is 1. The van der Waals surface area contributed by atoms with Crippen LogP contribution in [0.15, 0.2) is 45.6 Å². The molecule has 0 aliphatic heterocycles. The standard InChI is InChI=1S/C18H19N5O3S/c1-3-25-16-9-13(6-7-15(16)26-11-14-5-4-8-27-14)10-19-22-18-20-17(24)12(2)21-23-18/h4-10H,3,11H2,1-2H3,(H2,20,22,23,24)/b19-10-. The van der Waals surface area contributed by atoms with Crippen molar-refractivity contribution in [1.82, 2.24) is 15.2 Å². The van der Waals surface area contributed by atoms with Gasteiger partial charge in [0, 0.05) is 4.88 Å². The molecule has 3 aromatic rings. The molecular weight excluding hydrogens is 366 g/mol. The van der Waals surface area contributed by atoms with Gasteiger partial charge in [-0.15, -0.1) is 21.5 Å². The quantitative estimate of drug-likeness (QED) is 0.457. The molecule has 27 heavy (non-hydrogen) atoms. The zero-order valence-corrected chi connectivity index (χ0v) is 15.7. The first-order chi connectivity index (χ1) is 13.2. The Morgan fingerprint density at radius 2 is 2.15 bits per heavy atom. The van der Waals surface area contributed by atoms with Gasteiger partial charge in [0.15, 0.2) is 11.5 Å². The van der Waals surface area contributed by atoms with E-state index in [0.29, 0.717) is 30.4 Å². The van der Waals surface area contributed by atoms with Gasteiger partial charge in [-0.1, -0.05) is 6.07 Å². The molecule has 140 valence electrons. The third kappa shape index (κ3) is 5.14. The van der Waals surface area contributed by atoms with E-state index in [1.165, 1.54) is 0 Å². The fraction of sp³-hybridized carbons (Fsp3) is 0.222. The number of aromatic amines is 1. The molecule has 0 atom stereocenters. The van der Waals surface area contributed by atoms with E-state index in [4.69, 9.17) is 9.47 Å². The number of aromatic nitrogens is 3. The molecule has 0 fully saturated rings. The number of aryl methyl sites for hydroxylation is 1. The molecule has 0 spiro atoms. The summed E-state index contributed by atoms with van der Waals surface area (Å²) in [6.07, 6.45) is 1.59. The van der Waals surface area contributed by atoms with Crippen LogP contribution < -0.4 is 20.5 Å². The highest BCUT2D eigenvalue weighted by molar-refractivity contribution is 7.09. The molecule has 1 aromatic carbocycles. The van der Waals surface area contributed by atoms with Gasteiger partial charge >= 0.3 is 0 Å². The summed E-state index contributed by atoms with van der Waals surface area (Å²) in [6, 6.07) is 9.55. The zero-order valence-electron chi connectivity index (χ0n) is 14.9. The molecule has 0 saturated carbocycles. The fourth-order valence-corrected chi connectivity index (χ4v) is 2.76. The van der Waals surface area contributed by atoms with Crippen molar-refractivity contribution in [3.63, 3.8) is 0 Å². The average molecular weight is 385 g/mol. The van der Waals surface area contributed by atoms with E-state index in [1.54, 1.807) is 24.5 Å². The fourth-order valence-electron chi connectivity index (χ4n) is 2.15. The molecule has 0 saturated heterocycles. The smallest absolute Gasteiger partial charge is 0.274 e. The molecule has 8 nitrogen and oxygen atoms in total. The topological polar surface area (TPSA) is 101 Å². The van der Waals surface area contributed by atoms with Gasteiger partial charge in [0.25, 0.3) is 5.56 Å². The van der Waals surface area contributed by atoms with Crippen molar-refractivity contribution in [1.29, 1.82) is 0 Å². The number of rotatable bonds is 8. The number of ether oxygens (including phenoxy) is 2. The van der Waals surface area contributed by atoms with Crippen LogP contribution in [-0.4, -0.2) is 28.0 Å². The van der Waals surface area contributed by atoms with Crippen LogP contribution in [0.5, 0.6) is 11.5 Å². The molecule has 0 amide bonds. The molecule has 2 heterocycles. The van der Waals surface area contributed by atoms with Gasteiger partial charge in [0.2, 0.25) is 5.95 Å². The second kappa shape index (κ2) is 8.95. The molecule has 9 heteroatoms. The Labute approximate surface area is 159 Å². The zero-order chi connectivity index (χ0) is 19.1. The Kier molecular flexibility index (Phi) is 6.16. The summed E-state index contributed by atoms with van der Waals surface area (Å²) in [7, 11) is 0. The SMILES string of the molecule is CCOc1cc(/C=N\Nc2nnc(C)c(=O)[nH]2)ccc1OCc1cccs1. The van der Waals surface area contributed by atoms with Gasteiger partial charge in [0.1, 0.15) is 12.3 Å². The molecule has 0 unspecified atom stereocenters. The highest BCUT2D eigenvalue weighted by Gasteiger charge is 2.07. The predicted octanol–water partition coefficient (Wildman–Crippen LogP) is 2.96. The van der Waals surface area contributed by atoms with E-state index in [1.807, 2.05) is 42.6 Å². The first kappa shape index (κ1) is 18.6. The van der Waals surface area contributed by atoms with Crippen LogP contribution >= 0.6 is 11.3 Å². The number of hydrogen-bond donors (Lipinski definition) is 2. The average Bonchev–Trinajstić information content (AvgIpc) is 3.18. The van der Waals surface area contributed by atoms with Crippen molar-refractivity contribution in [2.24, 2.45) is 5.10 Å². The summed E-state index contributed by atoms with van der Waals surface area (Å²) in [5.74, 6) is 1.48. The van der Waals surface area contributed by atoms with Gasteiger partial charge in [-0.25, -0.2) is 5.43 Å². The Hall–Kier alpha value is -3.20. The summed E-state index contributed by atoms with van der Waals surface area (Å²) in [5, 5.41) is 13.6. The van der Waals surface area contributed by atoms with Crippen LogP contribution in [-0.2, 0) is 6.61 Å². The highest BCUT2D eigenvalue weighted by Crippen LogP contribution is 2.29. The maximum absolute atomic E-state index is 11.5. The number of benzene rings is 1. The normalized spacial score (nSPS) is 10.9. The minimum atomic E-state index is -0.312. The van der Waals surface area contributed by atoms with E-state index in [2.05, 4.69) is 25.7 Å². The summed E-state index contributed by atoms with van der Waals surface area (Å²) in [5.41, 5.74) is 3.43. The lowest BCUT2D eigenvalue weighted by Gasteiger charge is -2.12. The predicted molar refractivity (Wildman–Crippen MR) is 105 cm³/mol. The summed E-state index contributed by atoms with van der Waals surface area (Å²) < 4.78 is 11.5. The maximum Gasteiger partial charge on any atom is 0.274 e. The lowest BCUT2D eigenvalue weighted by Crippen LogP contribution is -2.15. The van der Waals surface area contributed by atoms with E-state index >= 15 is 0 Å². The van der Waals surface area contributed by atoms with Crippen molar-refractivity contribution < 1.29 is 9.47 Å². The van der Waals surface area contributed by atoms with Gasteiger partial charge in [-0.3, -0.25) is 9.78 Å². The number of hydrazone groups is 1. The molecule has 3 rings (SSSR count). The Morgan fingerprint density at radius 1 is 1.26 bits per heavy atom. The van der Waals surface area contributed by atoms with Crippen molar-refractivity contribution in [2.45, 2.75) is 20.5 Å². The molecule has 0 bridgehead atoms. The highest BCUT2D eigenvalue weighted by atomic mass is 32.1. The molecule has 0 aliphatic carbocycles. The van der Waals surface area contributed by atoms with Crippen molar-refractivity contribution in [3.8, 4) is 11.5 Å². The van der Waals surface area contributed by atoms with Crippen molar-refractivity contribution in [2.75, 3.05) is 12.0 Å². The van der Waals surface area contributed by atoms with Gasteiger partial charge in [-0.2, -0.15) is 5.10 Å². The number of anilines is 1. The first-order valence-electron chi connectivity index (χ1n) is 8.30. The Balaban J connectivity index is 1.68. The Morgan fingerprint density at radius 3 is 2.89 bits per heavy atom.